The summed E-state index contributed by atoms with van der Waals surface area (Å²) < 4.78 is 32.5. The minimum absolute atomic E-state index is 0.258. The van der Waals surface area contributed by atoms with Crippen LogP contribution < -0.4 is 14.4 Å². The standard InChI is InChI=1S/C23H30N2O4S/c1-6-20(25(30(5,27)28)17-13-11-16(2)12-14-17)22(26)24-19-15-23(3,4)29-21-10-8-7-9-18(19)21/h7-14,19-20H,6,15H2,1-5H3,(H,24,26)/t19-,20-/m1/s1. The summed E-state index contributed by atoms with van der Waals surface area (Å²) in [5.41, 5.74) is 1.96. The second-order valence-corrected chi connectivity index (χ2v) is 10.3. The van der Waals surface area contributed by atoms with Gasteiger partial charge in [-0.2, -0.15) is 0 Å². The van der Waals surface area contributed by atoms with Crippen LogP contribution in [0, 0.1) is 6.92 Å². The maximum absolute atomic E-state index is 13.3. The third-order valence-electron chi connectivity index (χ3n) is 5.31. The molecule has 0 unspecified atom stereocenters. The van der Waals surface area contributed by atoms with Gasteiger partial charge in [0.2, 0.25) is 15.9 Å². The van der Waals surface area contributed by atoms with E-state index in [1.54, 1.807) is 12.1 Å². The first-order chi connectivity index (χ1) is 14.0. The number of carbonyl (C=O) groups excluding carboxylic acids is 1. The van der Waals surface area contributed by atoms with Crippen molar-refractivity contribution in [1.82, 2.24) is 5.32 Å². The second-order valence-electron chi connectivity index (χ2n) is 8.48. The minimum Gasteiger partial charge on any atom is -0.487 e. The van der Waals surface area contributed by atoms with E-state index in [1.165, 1.54) is 4.31 Å². The van der Waals surface area contributed by atoms with Crippen LogP contribution in [0.5, 0.6) is 5.75 Å². The third-order valence-corrected chi connectivity index (χ3v) is 6.49. The van der Waals surface area contributed by atoms with Gasteiger partial charge >= 0.3 is 0 Å². The molecule has 0 saturated heterocycles. The van der Waals surface area contributed by atoms with E-state index in [1.807, 2.05) is 64.1 Å². The van der Waals surface area contributed by atoms with Gasteiger partial charge in [0.05, 0.1) is 18.0 Å². The second kappa shape index (κ2) is 8.30. The lowest BCUT2D eigenvalue weighted by molar-refractivity contribution is -0.123. The highest BCUT2D eigenvalue weighted by atomic mass is 32.2. The molecule has 0 aliphatic carbocycles. The number of nitrogens with one attached hydrogen (secondary N) is 1. The molecule has 30 heavy (non-hydrogen) atoms. The fraction of sp³-hybridized carbons (Fsp3) is 0.435. The van der Waals surface area contributed by atoms with E-state index in [9.17, 15) is 13.2 Å². The highest BCUT2D eigenvalue weighted by Crippen LogP contribution is 2.39. The van der Waals surface area contributed by atoms with Crippen LogP contribution in [0.15, 0.2) is 48.5 Å². The topological polar surface area (TPSA) is 75.7 Å². The molecule has 3 rings (SSSR count). The summed E-state index contributed by atoms with van der Waals surface area (Å²) in [5, 5.41) is 3.09. The number of para-hydroxylation sites is 1. The number of ether oxygens (including phenoxy) is 1. The number of amides is 1. The number of benzene rings is 2. The van der Waals surface area contributed by atoms with Gasteiger partial charge in [0.1, 0.15) is 17.4 Å². The number of carbonyl (C=O) groups is 1. The van der Waals surface area contributed by atoms with Gasteiger partial charge in [0, 0.05) is 12.0 Å². The van der Waals surface area contributed by atoms with Crippen molar-refractivity contribution in [1.29, 1.82) is 0 Å². The van der Waals surface area contributed by atoms with Gasteiger partial charge < -0.3 is 10.1 Å². The number of anilines is 1. The van der Waals surface area contributed by atoms with Gasteiger partial charge in [0.15, 0.2) is 0 Å². The summed E-state index contributed by atoms with van der Waals surface area (Å²) in [6, 6.07) is 13.7. The van der Waals surface area contributed by atoms with Crippen molar-refractivity contribution in [3.05, 3.63) is 59.7 Å². The average Bonchev–Trinajstić information content (AvgIpc) is 2.65. The van der Waals surface area contributed by atoms with Crippen molar-refractivity contribution in [2.45, 2.75) is 58.2 Å². The zero-order valence-corrected chi connectivity index (χ0v) is 19.0. The van der Waals surface area contributed by atoms with Gasteiger partial charge in [-0.3, -0.25) is 9.10 Å². The molecule has 0 aromatic heterocycles. The molecule has 1 N–H and O–H groups in total. The number of rotatable bonds is 6. The molecule has 0 bridgehead atoms. The van der Waals surface area contributed by atoms with Crippen molar-refractivity contribution < 1.29 is 17.9 Å². The lowest BCUT2D eigenvalue weighted by Crippen LogP contribution is -2.51. The Balaban J connectivity index is 1.92. The van der Waals surface area contributed by atoms with Crippen LogP contribution >= 0.6 is 0 Å². The Morgan fingerprint density at radius 1 is 1.20 bits per heavy atom. The Bertz CT molecular complexity index is 1020. The Labute approximate surface area is 179 Å². The van der Waals surface area contributed by atoms with Crippen LogP contribution in [-0.2, 0) is 14.8 Å². The first-order valence-electron chi connectivity index (χ1n) is 10.2. The van der Waals surface area contributed by atoms with Crippen molar-refractivity contribution in [2.24, 2.45) is 0 Å². The van der Waals surface area contributed by atoms with Crippen LogP contribution in [-0.4, -0.2) is 32.2 Å². The maximum Gasteiger partial charge on any atom is 0.244 e. The Morgan fingerprint density at radius 2 is 1.83 bits per heavy atom. The smallest absolute Gasteiger partial charge is 0.244 e. The Morgan fingerprint density at radius 3 is 2.43 bits per heavy atom. The molecule has 0 saturated carbocycles. The molecule has 0 radical (unpaired) electrons. The van der Waals surface area contributed by atoms with Crippen molar-refractivity contribution in [3.8, 4) is 5.75 Å². The summed E-state index contributed by atoms with van der Waals surface area (Å²) in [5.74, 6) is 0.423. The average molecular weight is 431 g/mol. The zero-order valence-electron chi connectivity index (χ0n) is 18.2. The fourth-order valence-corrected chi connectivity index (χ4v) is 5.16. The number of hydrogen-bond acceptors (Lipinski definition) is 4. The zero-order chi connectivity index (χ0) is 22.1. The number of fused-ring (bicyclic) bond motifs is 1. The number of hydrogen-bond donors (Lipinski definition) is 1. The summed E-state index contributed by atoms with van der Waals surface area (Å²) in [6.45, 7) is 7.71. The third kappa shape index (κ3) is 4.78. The monoisotopic (exact) mass is 430 g/mol. The van der Waals surface area contributed by atoms with E-state index in [4.69, 9.17) is 4.74 Å². The van der Waals surface area contributed by atoms with Crippen molar-refractivity contribution >= 4 is 21.6 Å². The molecule has 7 heteroatoms. The van der Waals surface area contributed by atoms with E-state index in [2.05, 4.69) is 5.32 Å². The summed E-state index contributed by atoms with van der Waals surface area (Å²) in [7, 11) is -3.66. The Hall–Kier alpha value is -2.54. The van der Waals surface area contributed by atoms with Gasteiger partial charge in [-0.25, -0.2) is 8.42 Å². The molecule has 6 nitrogen and oxygen atoms in total. The van der Waals surface area contributed by atoms with Gasteiger partial charge in [0.25, 0.3) is 0 Å². The molecule has 1 aliphatic heterocycles. The van der Waals surface area contributed by atoms with Crippen LogP contribution in [0.1, 0.15) is 50.8 Å². The fourth-order valence-electron chi connectivity index (χ4n) is 3.95. The molecule has 0 fully saturated rings. The predicted octanol–water partition coefficient (Wildman–Crippen LogP) is 3.96. The van der Waals surface area contributed by atoms with Gasteiger partial charge in [-0.15, -0.1) is 0 Å². The molecule has 1 amide bonds. The van der Waals surface area contributed by atoms with E-state index < -0.39 is 21.7 Å². The van der Waals surface area contributed by atoms with Gasteiger partial charge in [-0.05, 0) is 45.4 Å². The molecule has 0 spiro atoms. The molecule has 2 atom stereocenters. The summed E-state index contributed by atoms with van der Waals surface area (Å²) >= 11 is 0. The quantitative estimate of drug-likeness (QED) is 0.753. The SMILES string of the molecule is CC[C@H](C(=O)N[C@@H]1CC(C)(C)Oc2ccccc21)N(c1ccc(C)cc1)S(C)(=O)=O. The van der Waals surface area contributed by atoms with Crippen LogP contribution in [0.25, 0.3) is 0 Å². The normalized spacial score (nSPS) is 18.6. The lowest BCUT2D eigenvalue weighted by atomic mass is 9.89. The molecule has 2 aromatic carbocycles. The van der Waals surface area contributed by atoms with Crippen LogP contribution in [0.3, 0.4) is 0 Å². The molecule has 1 aliphatic rings. The molecule has 1 heterocycles. The Kier molecular flexibility index (Phi) is 6.13. The van der Waals surface area contributed by atoms with E-state index >= 15 is 0 Å². The van der Waals surface area contributed by atoms with E-state index in [0.29, 0.717) is 18.5 Å². The lowest BCUT2D eigenvalue weighted by Gasteiger charge is -2.39. The summed E-state index contributed by atoms with van der Waals surface area (Å²) in [6.07, 6.45) is 2.08. The van der Waals surface area contributed by atoms with Crippen LogP contribution in [0.4, 0.5) is 5.69 Å². The van der Waals surface area contributed by atoms with Gasteiger partial charge in [-0.1, -0.05) is 42.8 Å². The largest absolute Gasteiger partial charge is 0.487 e. The van der Waals surface area contributed by atoms with Crippen molar-refractivity contribution in [3.63, 3.8) is 0 Å². The van der Waals surface area contributed by atoms with E-state index in [0.717, 1.165) is 23.1 Å². The minimum atomic E-state index is -3.66. The summed E-state index contributed by atoms with van der Waals surface area (Å²) in [4.78, 5) is 13.3. The highest BCUT2D eigenvalue weighted by Gasteiger charge is 2.37. The number of sulfonamides is 1. The first-order valence-corrected chi connectivity index (χ1v) is 12.0. The van der Waals surface area contributed by atoms with E-state index in [-0.39, 0.29) is 11.9 Å². The van der Waals surface area contributed by atoms with Crippen molar-refractivity contribution in [2.75, 3.05) is 10.6 Å². The number of nitrogens with zero attached hydrogens (tertiary/aromatic N) is 1. The maximum atomic E-state index is 13.3. The molecular formula is C23H30N2O4S. The molecule has 2 aromatic rings. The first kappa shape index (κ1) is 22.2. The predicted molar refractivity (Wildman–Crippen MR) is 119 cm³/mol. The highest BCUT2D eigenvalue weighted by molar-refractivity contribution is 7.92. The van der Waals surface area contributed by atoms with Crippen LogP contribution in [0.2, 0.25) is 0 Å². The number of aryl methyl sites for hydroxylation is 1. The molecule has 162 valence electrons. The molecular weight excluding hydrogens is 400 g/mol.